The zero-order valence-electron chi connectivity index (χ0n) is 8.51. The summed E-state index contributed by atoms with van der Waals surface area (Å²) in [6.45, 7) is 0. The molecule has 2 rings (SSSR count). The molecule has 1 N–H and O–H groups in total. The Morgan fingerprint density at radius 3 is 2.94 bits per heavy atom. The summed E-state index contributed by atoms with van der Waals surface area (Å²) in [5, 5.41) is 10.1. The summed E-state index contributed by atoms with van der Waals surface area (Å²) in [5.74, 6) is -0.823. The SMILES string of the molecule is Cn1ncc(C(=O)Nc2cccc(F)c2)n1. The summed E-state index contributed by atoms with van der Waals surface area (Å²) >= 11 is 0. The normalized spacial score (nSPS) is 10.1. The molecular weight excluding hydrogens is 211 g/mol. The van der Waals surface area contributed by atoms with Crippen LogP contribution in [0.5, 0.6) is 0 Å². The molecule has 0 atom stereocenters. The second-order valence-electron chi connectivity index (χ2n) is 3.18. The Bertz CT molecular complexity index is 523. The third-order valence-electron chi connectivity index (χ3n) is 1.91. The van der Waals surface area contributed by atoms with Crippen molar-refractivity contribution in [2.75, 3.05) is 5.32 Å². The number of nitrogens with zero attached hydrogens (tertiary/aromatic N) is 3. The van der Waals surface area contributed by atoms with Gasteiger partial charge in [0.1, 0.15) is 5.82 Å². The van der Waals surface area contributed by atoms with E-state index in [1.807, 2.05) is 0 Å². The van der Waals surface area contributed by atoms with Crippen LogP contribution in [-0.4, -0.2) is 20.9 Å². The van der Waals surface area contributed by atoms with E-state index in [1.54, 1.807) is 13.1 Å². The maximum absolute atomic E-state index is 12.8. The molecule has 0 saturated heterocycles. The Labute approximate surface area is 90.9 Å². The van der Waals surface area contributed by atoms with Gasteiger partial charge in [-0.2, -0.15) is 9.90 Å². The van der Waals surface area contributed by atoms with Crippen LogP contribution in [0.1, 0.15) is 10.5 Å². The zero-order valence-corrected chi connectivity index (χ0v) is 8.51. The molecule has 0 aliphatic rings. The van der Waals surface area contributed by atoms with Crippen molar-refractivity contribution in [3.63, 3.8) is 0 Å². The lowest BCUT2D eigenvalue weighted by molar-refractivity contribution is 0.102. The summed E-state index contributed by atoms with van der Waals surface area (Å²) < 4.78 is 12.8. The predicted molar refractivity (Wildman–Crippen MR) is 55.4 cm³/mol. The number of nitrogens with one attached hydrogen (secondary N) is 1. The molecule has 0 aliphatic heterocycles. The van der Waals surface area contributed by atoms with Crippen LogP contribution in [0.3, 0.4) is 0 Å². The van der Waals surface area contributed by atoms with E-state index in [2.05, 4.69) is 15.5 Å². The number of hydrogen-bond donors (Lipinski definition) is 1. The highest BCUT2D eigenvalue weighted by atomic mass is 19.1. The number of amides is 1. The van der Waals surface area contributed by atoms with Crippen LogP contribution in [0.2, 0.25) is 0 Å². The van der Waals surface area contributed by atoms with Crippen molar-refractivity contribution in [1.29, 1.82) is 0 Å². The fraction of sp³-hybridized carbons (Fsp3) is 0.100. The number of aryl methyl sites for hydroxylation is 1. The first-order valence-electron chi connectivity index (χ1n) is 4.58. The van der Waals surface area contributed by atoms with Gasteiger partial charge in [0.25, 0.3) is 5.91 Å². The standard InChI is InChI=1S/C10H9FN4O/c1-15-12-6-9(14-15)10(16)13-8-4-2-3-7(11)5-8/h2-6H,1H3,(H,13,16). The Kier molecular flexibility index (Phi) is 2.63. The minimum absolute atomic E-state index is 0.187. The molecule has 1 aromatic heterocycles. The molecule has 1 aromatic carbocycles. The molecule has 0 bridgehead atoms. The van der Waals surface area contributed by atoms with Crippen LogP contribution < -0.4 is 5.32 Å². The molecule has 5 nitrogen and oxygen atoms in total. The molecular formula is C10H9FN4O. The predicted octanol–water partition coefficient (Wildman–Crippen LogP) is 1.21. The molecule has 0 spiro atoms. The molecule has 0 saturated carbocycles. The molecule has 0 aliphatic carbocycles. The van der Waals surface area contributed by atoms with Gasteiger partial charge in [-0.15, -0.1) is 5.10 Å². The molecule has 1 amide bonds. The first kappa shape index (κ1) is 10.3. The first-order valence-corrected chi connectivity index (χ1v) is 4.58. The van der Waals surface area contributed by atoms with Crippen LogP contribution in [0.15, 0.2) is 30.5 Å². The summed E-state index contributed by atoms with van der Waals surface area (Å²) in [7, 11) is 1.61. The fourth-order valence-corrected chi connectivity index (χ4v) is 1.21. The van der Waals surface area contributed by atoms with Crippen molar-refractivity contribution in [2.45, 2.75) is 0 Å². The third kappa shape index (κ3) is 2.22. The van der Waals surface area contributed by atoms with E-state index in [9.17, 15) is 9.18 Å². The lowest BCUT2D eigenvalue weighted by Crippen LogP contribution is -2.13. The minimum Gasteiger partial charge on any atom is -0.320 e. The summed E-state index contributed by atoms with van der Waals surface area (Å²) in [4.78, 5) is 12.9. The minimum atomic E-state index is -0.418. The van der Waals surface area contributed by atoms with Gasteiger partial charge in [-0.1, -0.05) is 6.07 Å². The van der Waals surface area contributed by atoms with Crippen molar-refractivity contribution in [3.8, 4) is 0 Å². The Morgan fingerprint density at radius 1 is 1.50 bits per heavy atom. The van der Waals surface area contributed by atoms with Crippen LogP contribution >= 0.6 is 0 Å². The van der Waals surface area contributed by atoms with Gasteiger partial charge in [-0.3, -0.25) is 4.79 Å². The monoisotopic (exact) mass is 220 g/mol. The number of carbonyl (C=O) groups excluding carboxylic acids is 1. The average Bonchev–Trinajstić information content (AvgIpc) is 2.65. The van der Waals surface area contributed by atoms with Crippen molar-refractivity contribution < 1.29 is 9.18 Å². The van der Waals surface area contributed by atoms with E-state index in [-0.39, 0.29) is 5.69 Å². The number of halogens is 1. The van der Waals surface area contributed by atoms with Gasteiger partial charge in [-0.25, -0.2) is 4.39 Å². The number of carbonyl (C=O) groups is 1. The van der Waals surface area contributed by atoms with Gasteiger partial charge < -0.3 is 5.32 Å². The smallest absolute Gasteiger partial charge is 0.277 e. The van der Waals surface area contributed by atoms with E-state index in [4.69, 9.17) is 0 Å². The van der Waals surface area contributed by atoms with E-state index in [1.165, 1.54) is 29.2 Å². The van der Waals surface area contributed by atoms with Crippen molar-refractivity contribution >= 4 is 11.6 Å². The van der Waals surface area contributed by atoms with E-state index < -0.39 is 11.7 Å². The van der Waals surface area contributed by atoms with Crippen molar-refractivity contribution in [3.05, 3.63) is 42.0 Å². The molecule has 2 aromatic rings. The second-order valence-corrected chi connectivity index (χ2v) is 3.18. The average molecular weight is 220 g/mol. The fourth-order valence-electron chi connectivity index (χ4n) is 1.21. The zero-order chi connectivity index (χ0) is 11.5. The van der Waals surface area contributed by atoms with Crippen LogP contribution in [0, 0.1) is 5.82 Å². The number of rotatable bonds is 2. The Balaban J connectivity index is 2.13. The highest BCUT2D eigenvalue weighted by Crippen LogP contribution is 2.09. The Hall–Kier alpha value is -2.24. The van der Waals surface area contributed by atoms with E-state index in [0.29, 0.717) is 5.69 Å². The van der Waals surface area contributed by atoms with Gasteiger partial charge in [-0.05, 0) is 18.2 Å². The summed E-state index contributed by atoms with van der Waals surface area (Å²) in [6, 6.07) is 5.64. The molecule has 82 valence electrons. The lowest BCUT2D eigenvalue weighted by atomic mass is 10.3. The number of benzene rings is 1. The maximum Gasteiger partial charge on any atom is 0.277 e. The van der Waals surface area contributed by atoms with Crippen molar-refractivity contribution in [2.24, 2.45) is 7.05 Å². The van der Waals surface area contributed by atoms with E-state index in [0.717, 1.165) is 0 Å². The Morgan fingerprint density at radius 2 is 2.31 bits per heavy atom. The van der Waals surface area contributed by atoms with Crippen LogP contribution in [0.25, 0.3) is 0 Å². The van der Waals surface area contributed by atoms with Crippen LogP contribution in [0.4, 0.5) is 10.1 Å². The topological polar surface area (TPSA) is 59.8 Å². The molecule has 16 heavy (non-hydrogen) atoms. The van der Waals surface area contributed by atoms with Gasteiger partial charge in [0.2, 0.25) is 0 Å². The quantitative estimate of drug-likeness (QED) is 0.827. The van der Waals surface area contributed by atoms with Gasteiger partial charge >= 0.3 is 0 Å². The lowest BCUT2D eigenvalue weighted by Gasteiger charge is -2.01. The number of hydrogen-bond acceptors (Lipinski definition) is 3. The largest absolute Gasteiger partial charge is 0.320 e. The molecule has 0 radical (unpaired) electrons. The van der Waals surface area contributed by atoms with Gasteiger partial charge in [0.05, 0.1) is 6.20 Å². The molecule has 1 heterocycles. The maximum atomic E-state index is 12.8. The number of anilines is 1. The molecule has 0 fully saturated rings. The third-order valence-corrected chi connectivity index (χ3v) is 1.91. The first-order chi connectivity index (χ1) is 7.65. The van der Waals surface area contributed by atoms with Gasteiger partial charge in [0.15, 0.2) is 5.69 Å². The van der Waals surface area contributed by atoms with E-state index >= 15 is 0 Å². The number of aromatic nitrogens is 3. The highest BCUT2D eigenvalue weighted by molar-refractivity contribution is 6.02. The van der Waals surface area contributed by atoms with Gasteiger partial charge in [0, 0.05) is 12.7 Å². The highest BCUT2D eigenvalue weighted by Gasteiger charge is 2.09. The second kappa shape index (κ2) is 4.09. The molecule has 6 heteroatoms. The van der Waals surface area contributed by atoms with Crippen molar-refractivity contribution in [1.82, 2.24) is 15.0 Å². The summed E-state index contributed by atoms with van der Waals surface area (Å²) in [6.07, 6.45) is 1.34. The van der Waals surface area contributed by atoms with Crippen LogP contribution in [-0.2, 0) is 7.05 Å². The molecule has 0 unspecified atom stereocenters. The summed E-state index contributed by atoms with van der Waals surface area (Å²) in [5.41, 5.74) is 0.572.